The van der Waals surface area contributed by atoms with Gasteiger partial charge in [0.05, 0.1) is 29.3 Å². The Morgan fingerprint density at radius 3 is 1.57 bits per heavy atom. The fourth-order valence-electron chi connectivity index (χ4n) is 18.7. The number of hydrogen-bond donors (Lipinski definition) is 3. The second-order valence-electron chi connectivity index (χ2n) is 29.5. The molecule has 8 unspecified atom stereocenters. The zero-order valence-electron chi connectivity index (χ0n) is 53.4. The lowest BCUT2D eigenvalue weighted by molar-refractivity contribution is -0.249. The summed E-state index contributed by atoms with van der Waals surface area (Å²) in [5.41, 5.74) is 0.791. The van der Waals surface area contributed by atoms with Crippen molar-refractivity contribution in [3.8, 4) is 0 Å². The molecule has 1 aromatic rings. The summed E-state index contributed by atoms with van der Waals surface area (Å²) < 4.78 is 33.4. The van der Waals surface area contributed by atoms with E-state index in [9.17, 15) is 39.3 Å². The summed E-state index contributed by atoms with van der Waals surface area (Å²) in [6, 6.07) is 1.98. The standard InChI is InChI=1S/C24H38O5.C22H34O5.C22H34O4/c1-9-23(7,27)14-11-18-15(2)19(28-16(3)25)20(29-17(4)26)21-22(5,6)12-10-13-24(18,21)8;1-14-11-17(27-15(2)23)19-20(3,4)8-6-9-21(19,5)22(14,25)10-7-16-12-18(24)26-13-16;1-15-13-18(26-16(2)23)19-20(3,4)9-6-10-21(19,5)22(15,24)11-7-17-8-12-25-14-17/h9,19-21,27H,1,10-14H2,2-8H3;12,14,17,19,25H,6-11,13H2,1-5H3;8,12,14-15,18-19,24H,6-7,9-11,13H2,1-5H3/t;14?,17-,19+,21+,22-;15?,18-,19?,21+,22-/m.11/s1. The predicted molar refractivity (Wildman–Crippen MR) is 315 cm³/mol. The number of allylic oxidation sites excluding steroid dienone is 1. The zero-order chi connectivity index (χ0) is 61.4. The predicted octanol–water partition coefficient (Wildman–Crippen LogP) is 13.3. The molecule has 5 saturated carbocycles. The number of hydrogen-bond acceptors (Lipinski definition) is 14. The number of fused-ring (bicyclic) bond motifs is 3. The van der Waals surface area contributed by atoms with Crippen molar-refractivity contribution < 1.29 is 67.4 Å². The maximum absolute atomic E-state index is 12.0. The molecule has 1 aliphatic heterocycles. The smallest absolute Gasteiger partial charge is 0.331 e. The molecule has 0 bridgehead atoms. The van der Waals surface area contributed by atoms with E-state index in [1.807, 2.05) is 13.0 Å². The van der Waals surface area contributed by atoms with Gasteiger partial charge in [0.15, 0.2) is 6.10 Å². The SMILES string of the molecule is C=CC(C)(O)CCC1=C(C)C(OC(C)=O)C(OC(C)=O)C2C(C)(C)CCCC12C.CC(=O)O[C@@H]1CC(C)[C@](O)(CCC2=CC(=O)OC2)[C@@]2(C)CCCC(C)(C)[C@H]12.CC(=O)O[C@@H]1CC(C)[C@](O)(CCc2ccoc2)[C@@]2(C)CCCC(C)(C)C12. The maximum atomic E-state index is 12.0. The van der Waals surface area contributed by atoms with Gasteiger partial charge in [0, 0.05) is 62.4 Å². The molecule has 14 heteroatoms. The molecule has 82 heavy (non-hydrogen) atoms. The number of aryl methyl sites for hydroxylation is 1. The summed E-state index contributed by atoms with van der Waals surface area (Å²) in [6.45, 7) is 37.9. The van der Waals surface area contributed by atoms with E-state index in [4.69, 9.17) is 28.1 Å². The van der Waals surface area contributed by atoms with E-state index in [1.54, 1.807) is 31.6 Å². The molecule has 1 aromatic heterocycles. The van der Waals surface area contributed by atoms with Crippen molar-refractivity contribution in [1.82, 2.24) is 0 Å². The highest BCUT2D eigenvalue weighted by atomic mass is 16.6. The van der Waals surface area contributed by atoms with Gasteiger partial charge in [-0.15, -0.1) is 6.58 Å². The van der Waals surface area contributed by atoms with E-state index in [2.05, 4.69) is 82.7 Å². The lowest BCUT2D eigenvalue weighted by Gasteiger charge is -2.64. The highest BCUT2D eigenvalue weighted by molar-refractivity contribution is 5.85. The molecule has 0 spiro atoms. The quantitative estimate of drug-likeness (QED) is 0.0901. The second kappa shape index (κ2) is 25.0. The minimum Gasteiger partial charge on any atom is -0.472 e. The average molecular weight is 1150 g/mol. The number of carbonyl (C=O) groups is 5. The van der Waals surface area contributed by atoms with E-state index >= 15 is 0 Å². The van der Waals surface area contributed by atoms with Gasteiger partial charge in [-0.3, -0.25) is 19.2 Å². The van der Waals surface area contributed by atoms with Crippen LogP contribution in [0.4, 0.5) is 0 Å². The normalized spacial score (nSPS) is 37.6. The van der Waals surface area contributed by atoms with Crippen molar-refractivity contribution in [2.45, 2.75) is 268 Å². The van der Waals surface area contributed by atoms with Gasteiger partial charge in [-0.25, -0.2) is 4.79 Å². The lowest BCUT2D eigenvalue weighted by Crippen LogP contribution is -2.66. The van der Waals surface area contributed by atoms with E-state index in [0.29, 0.717) is 45.1 Å². The van der Waals surface area contributed by atoms with Gasteiger partial charge in [0.2, 0.25) is 0 Å². The molecule has 0 saturated heterocycles. The third-order valence-electron chi connectivity index (χ3n) is 22.4. The fourth-order valence-corrected chi connectivity index (χ4v) is 18.7. The highest BCUT2D eigenvalue weighted by Gasteiger charge is 2.67. The van der Waals surface area contributed by atoms with E-state index in [0.717, 1.165) is 87.3 Å². The van der Waals surface area contributed by atoms with Crippen LogP contribution in [-0.2, 0) is 54.1 Å². The van der Waals surface area contributed by atoms with E-state index in [1.165, 1.54) is 33.3 Å². The number of carbonyl (C=O) groups excluding carboxylic acids is 5. The second-order valence-corrected chi connectivity index (χ2v) is 29.5. The van der Waals surface area contributed by atoms with Crippen LogP contribution in [0.1, 0.15) is 226 Å². The Hall–Kier alpha value is -4.27. The molecular formula is C68H106O14. The van der Waals surface area contributed by atoms with Gasteiger partial charge in [-0.2, -0.15) is 0 Å². The van der Waals surface area contributed by atoms with Crippen molar-refractivity contribution in [2.24, 2.45) is 62.1 Å². The molecule has 462 valence electrons. The Morgan fingerprint density at radius 2 is 1.15 bits per heavy atom. The van der Waals surface area contributed by atoms with Crippen LogP contribution in [0.5, 0.6) is 0 Å². The molecule has 15 atom stereocenters. The molecule has 0 aromatic carbocycles. The van der Waals surface area contributed by atoms with Gasteiger partial charge in [-0.1, -0.05) is 107 Å². The molecule has 5 fully saturated rings. The van der Waals surface area contributed by atoms with Crippen LogP contribution in [0.15, 0.2) is 58.5 Å². The number of rotatable bonds is 14. The Labute approximate surface area is 491 Å². The molecule has 3 N–H and O–H groups in total. The minimum atomic E-state index is -0.965. The Morgan fingerprint density at radius 1 is 0.683 bits per heavy atom. The molecule has 14 nitrogen and oxygen atoms in total. The van der Waals surface area contributed by atoms with Crippen molar-refractivity contribution in [3.63, 3.8) is 0 Å². The maximum Gasteiger partial charge on any atom is 0.331 e. The summed E-state index contributed by atoms with van der Waals surface area (Å²) in [5, 5.41) is 34.5. The van der Waals surface area contributed by atoms with Gasteiger partial charge >= 0.3 is 29.8 Å². The summed E-state index contributed by atoms with van der Waals surface area (Å²) in [5.74, 6) is -1.11. The Kier molecular flexibility index (Phi) is 20.4. The lowest BCUT2D eigenvalue weighted by atomic mass is 9.43. The van der Waals surface area contributed by atoms with Crippen LogP contribution in [0.25, 0.3) is 0 Å². The summed E-state index contributed by atoms with van der Waals surface area (Å²) in [7, 11) is 0. The highest BCUT2D eigenvalue weighted by Crippen LogP contribution is 2.67. The average Bonchev–Trinajstić information content (AvgIpc) is 4.04. The number of aliphatic hydroxyl groups is 3. The van der Waals surface area contributed by atoms with E-state index in [-0.39, 0.29) is 104 Å². The van der Waals surface area contributed by atoms with Crippen LogP contribution in [0, 0.1) is 62.1 Å². The summed E-state index contributed by atoms with van der Waals surface area (Å²) in [6.07, 6.45) is 19.9. The van der Waals surface area contributed by atoms with Gasteiger partial charge < -0.3 is 43.4 Å². The molecule has 7 aliphatic rings. The Bertz CT molecular complexity index is 2530. The largest absolute Gasteiger partial charge is 0.472 e. The van der Waals surface area contributed by atoms with Crippen LogP contribution < -0.4 is 0 Å². The number of furan rings is 1. The summed E-state index contributed by atoms with van der Waals surface area (Å²) >= 11 is 0. The molecule has 6 aliphatic carbocycles. The summed E-state index contributed by atoms with van der Waals surface area (Å²) in [4.78, 5) is 58.8. The monoisotopic (exact) mass is 1150 g/mol. The topological polar surface area (TPSA) is 205 Å². The van der Waals surface area contributed by atoms with Crippen LogP contribution in [0.2, 0.25) is 0 Å². The first kappa shape index (κ1) is 66.9. The molecule has 8 rings (SSSR count). The first-order valence-corrected chi connectivity index (χ1v) is 30.9. The molecule has 0 radical (unpaired) electrons. The van der Waals surface area contributed by atoms with Crippen molar-refractivity contribution in [3.05, 3.63) is 59.6 Å². The zero-order valence-corrected chi connectivity index (χ0v) is 53.4. The van der Waals surface area contributed by atoms with Crippen LogP contribution in [0.3, 0.4) is 0 Å². The minimum absolute atomic E-state index is 0.00700. The first-order chi connectivity index (χ1) is 37.8. The van der Waals surface area contributed by atoms with Crippen LogP contribution >= 0.6 is 0 Å². The number of ether oxygens (including phenoxy) is 5. The molecule has 2 heterocycles. The Balaban J connectivity index is 0.000000198. The van der Waals surface area contributed by atoms with Crippen molar-refractivity contribution >= 4 is 29.8 Å². The number of cyclic esters (lactones) is 1. The molecular weight excluding hydrogens is 1040 g/mol. The van der Waals surface area contributed by atoms with Crippen molar-refractivity contribution in [2.75, 3.05) is 6.61 Å². The fraction of sp³-hybridized carbons (Fsp3) is 0.779. The van der Waals surface area contributed by atoms with E-state index < -0.39 is 29.0 Å². The molecule has 0 amide bonds. The van der Waals surface area contributed by atoms with Crippen LogP contribution in [-0.4, -0.2) is 93.0 Å². The third kappa shape index (κ3) is 13.5. The number of esters is 5. The van der Waals surface area contributed by atoms with Gasteiger partial charge in [-0.05, 0) is 160 Å². The third-order valence-corrected chi connectivity index (χ3v) is 22.4. The van der Waals surface area contributed by atoms with Gasteiger partial charge in [0.25, 0.3) is 0 Å². The van der Waals surface area contributed by atoms with Gasteiger partial charge in [0.1, 0.15) is 24.9 Å². The first-order valence-electron chi connectivity index (χ1n) is 30.9. The van der Waals surface area contributed by atoms with Crippen molar-refractivity contribution in [1.29, 1.82) is 0 Å².